The molecule has 0 aliphatic heterocycles. The number of aromatic nitrogens is 1. The van der Waals surface area contributed by atoms with E-state index in [4.69, 9.17) is 22.3 Å². The maximum atomic E-state index is 12.5. The molecule has 0 N–H and O–H groups in total. The number of hydrogen-bond donors (Lipinski definition) is 0. The third-order valence-electron chi connectivity index (χ3n) is 1.43. The summed E-state index contributed by atoms with van der Waals surface area (Å²) in [6, 6.07) is 0. The highest BCUT2D eigenvalue weighted by molar-refractivity contribution is 14.1. The second kappa shape index (κ2) is 4.64. The minimum absolute atomic E-state index is 0.259. The fourth-order valence-corrected chi connectivity index (χ4v) is 4.00. The molecule has 15 heavy (non-hydrogen) atoms. The lowest BCUT2D eigenvalue weighted by Crippen LogP contribution is -2.03. The second-order valence-corrected chi connectivity index (χ2v) is 6.34. The highest BCUT2D eigenvalue weighted by Gasteiger charge is 2.25. The van der Waals surface area contributed by atoms with Crippen molar-refractivity contribution in [1.29, 1.82) is 0 Å². The topological polar surface area (TPSA) is 47.0 Å². The highest BCUT2D eigenvalue weighted by atomic mass is 127. The molecule has 0 fully saturated rings. The maximum absolute atomic E-state index is 12.5. The number of nitrogens with zero attached hydrogens (tertiary/aromatic N) is 1. The SMILES string of the molecule is O=S(=O)(Cl)c1ncc(Cl)c(C(F)F)c1I. The molecule has 0 aliphatic carbocycles. The van der Waals surface area contributed by atoms with E-state index < -0.39 is 26.1 Å². The molecule has 0 bridgehead atoms. The van der Waals surface area contributed by atoms with Crippen LogP contribution in [0.1, 0.15) is 12.0 Å². The van der Waals surface area contributed by atoms with Crippen LogP contribution in [0.25, 0.3) is 0 Å². The quantitative estimate of drug-likeness (QED) is 0.578. The van der Waals surface area contributed by atoms with Gasteiger partial charge < -0.3 is 0 Å². The Morgan fingerprint density at radius 1 is 1.47 bits per heavy atom. The van der Waals surface area contributed by atoms with Gasteiger partial charge in [-0.1, -0.05) is 11.6 Å². The van der Waals surface area contributed by atoms with Gasteiger partial charge in [-0.3, -0.25) is 0 Å². The predicted octanol–water partition coefficient (Wildman–Crippen LogP) is 3.20. The van der Waals surface area contributed by atoms with E-state index in [1.54, 1.807) is 0 Å². The molecule has 1 aromatic heterocycles. The first kappa shape index (κ1) is 13.3. The molecule has 0 atom stereocenters. The van der Waals surface area contributed by atoms with E-state index in [-0.39, 0.29) is 8.59 Å². The third-order valence-corrected chi connectivity index (χ3v) is 4.39. The lowest BCUT2D eigenvalue weighted by molar-refractivity contribution is 0.150. The smallest absolute Gasteiger partial charge is 0.241 e. The molecule has 0 radical (unpaired) electrons. The summed E-state index contributed by atoms with van der Waals surface area (Å²) in [6.07, 6.45) is -2.05. The summed E-state index contributed by atoms with van der Waals surface area (Å²) in [7, 11) is 0.865. The number of pyridine rings is 1. The van der Waals surface area contributed by atoms with E-state index in [0.29, 0.717) is 0 Å². The Morgan fingerprint density at radius 2 is 2.00 bits per heavy atom. The van der Waals surface area contributed by atoms with Crippen molar-refractivity contribution in [2.24, 2.45) is 0 Å². The Bertz CT molecular complexity index is 494. The van der Waals surface area contributed by atoms with E-state index in [2.05, 4.69) is 4.98 Å². The van der Waals surface area contributed by atoms with Crippen molar-refractivity contribution in [3.05, 3.63) is 20.4 Å². The van der Waals surface area contributed by atoms with Crippen LogP contribution in [0.4, 0.5) is 8.78 Å². The summed E-state index contributed by atoms with van der Waals surface area (Å²) >= 11 is 6.88. The summed E-state index contributed by atoms with van der Waals surface area (Å²) < 4.78 is 46.6. The number of rotatable bonds is 2. The third kappa shape index (κ3) is 2.89. The first-order valence-corrected chi connectivity index (χ1v) is 7.08. The zero-order valence-corrected chi connectivity index (χ0v) is 11.2. The average molecular weight is 388 g/mol. The van der Waals surface area contributed by atoms with Crippen LogP contribution in [0.5, 0.6) is 0 Å². The molecule has 0 unspecified atom stereocenters. The van der Waals surface area contributed by atoms with E-state index in [1.165, 1.54) is 22.6 Å². The molecular weight excluding hydrogens is 386 g/mol. The van der Waals surface area contributed by atoms with Crippen molar-refractivity contribution in [2.75, 3.05) is 0 Å². The van der Waals surface area contributed by atoms with E-state index in [1.807, 2.05) is 0 Å². The molecular formula is C6H2Cl2F2INO2S. The summed E-state index contributed by atoms with van der Waals surface area (Å²) in [6.45, 7) is 0. The van der Waals surface area contributed by atoms with Crippen molar-refractivity contribution in [1.82, 2.24) is 4.98 Å². The van der Waals surface area contributed by atoms with Crippen LogP contribution < -0.4 is 0 Å². The monoisotopic (exact) mass is 387 g/mol. The van der Waals surface area contributed by atoms with Gasteiger partial charge in [-0.2, -0.15) is 0 Å². The van der Waals surface area contributed by atoms with Crippen molar-refractivity contribution >= 4 is 53.9 Å². The van der Waals surface area contributed by atoms with Gasteiger partial charge in [0.2, 0.25) is 0 Å². The van der Waals surface area contributed by atoms with Crippen LogP contribution in [-0.2, 0) is 9.05 Å². The summed E-state index contributed by atoms with van der Waals surface area (Å²) in [5, 5.41) is -0.900. The van der Waals surface area contributed by atoms with Crippen molar-refractivity contribution in [3.63, 3.8) is 0 Å². The van der Waals surface area contributed by atoms with Gasteiger partial charge in [0.25, 0.3) is 15.5 Å². The van der Waals surface area contributed by atoms with Gasteiger partial charge in [-0.05, 0) is 22.6 Å². The Morgan fingerprint density at radius 3 is 2.40 bits per heavy atom. The lowest BCUT2D eigenvalue weighted by atomic mass is 10.3. The molecule has 0 saturated heterocycles. The van der Waals surface area contributed by atoms with Crippen LogP contribution in [0.2, 0.25) is 5.02 Å². The molecule has 0 amide bonds. The Balaban J connectivity index is 3.56. The maximum Gasteiger partial charge on any atom is 0.279 e. The average Bonchev–Trinajstić information content (AvgIpc) is 2.00. The van der Waals surface area contributed by atoms with Gasteiger partial charge in [-0.15, -0.1) is 0 Å². The predicted molar refractivity (Wildman–Crippen MR) is 60.0 cm³/mol. The molecule has 84 valence electrons. The Kier molecular flexibility index (Phi) is 4.13. The molecule has 1 heterocycles. The summed E-state index contributed by atoms with van der Waals surface area (Å²) in [5.41, 5.74) is -0.577. The molecule has 1 rings (SSSR count). The second-order valence-electron chi connectivity index (χ2n) is 2.38. The van der Waals surface area contributed by atoms with Crippen LogP contribution in [0.3, 0.4) is 0 Å². The van der Waals surface area contributed by atoms with E-state index in [9.17, 15) is 17.2 Å². The van der Waals surface area contributed by atoms with Gasteiger partial charge in [-0.25, -0.2) is 22.2 Å². The summed E-state index contributed by atoms with van der Waals surface area (Å²) in [5.74, 6) is 0. The first-order chi connectivity index (χ1) is 6.75. The van der Waals surface area contributed by atoms with Crippen LogP contribution in [-0.4, -0.2) is 13.4 Å². The van der Waals surface area contributed by atoms with E-state index in [0.717, 1.165) is 6.20 Å². The van der Waals surface area contributed by atoms with Crippen LogP contribution in [0.15, 0.2) is 11.2 Å². The molecule has 1 aromatic rings. The van der Waals surface area contributed by atoms with Gasteiger partial charge in [0.15, 0.2) is 5.03 Å². The molecule has 0 aliphatic rings. The van der Waals surface area contributed by atoms with Gasteiger partial charge >= 0.3 is 0 Å². The van der Waals surface area contributed by atoms with Crippen molar-refractivity contribution in [2.45, 2.75) is 11.5 Å². The number of halogens is 5. The Labute approximate surface area is 107 Å². The molecule has 3 nitrogen and oxygen atoms in total. The van der Waals surface area contributed by atoms with Crippen molar-refractivity contribution < 1.29 is 17.2 Å². The fourth-order valence-electron chi connectivity index (χ4n) is 0.832. The van der Waals surface area contributed by atoms with Crippen molar-refractivity contribution in [3.8, 4) is 0 Å². The molecule has 0 spiro atoms. The zero-order valence-electron chi connectivity index (χ0n) is 6.72. The number of alkyl halides is 2. The molecule has 0 aromatic carbocycles. The van der Waals surface area contributed by atoms with E-state index >= 15 is 0 Å². The zero-order chi connectivity index (χ0) is 11.8. The van der Waals surface area contributed by atoms with Gasteiger partial charge in [0.05, 0.1) is 14.2 Å². The van der Waals surface area contributed by atoms with Gasteiger partial charge in [0.1, 0.15) is 0 Å². The lowest BCUT2D eigenvalue weighted by Gasteiger charge is -2.07. The largest absolute Gasteiger partial charge is 0.279 e. The fraction of sp³-hybridized carbons (Fsp3) is 0.167. The molecule has 0 saturated carbocycles. The minimum atomic E-state index is -4.14. The van der Waals surface area contributed by atoms with Gasteiger partial charge in [0, 0.05) is 16.9 Å². The van der Waals surface area contributed by atoms with Crippen LogP contribution in [0, 0.1) is 3.57 Å². The standard InChI is InChI=1S/C6H2Cl2F2INO2S/c7-2-1-12-6(15(8,13)14)4(11)3(2)5(9)10/h1,5H. The van der Waals surface area contributed by atoms with Crippen LogP contribution >= 0.6 is 44.9 Å². The normalized spacial score (nSPS) is 12.1. The summed E-state index contributed by atoms with van der Waals surface area (Å²) in [4.78, 5) is 3.40. The Hall–Kier alpha value is 0.270. The number of hydrogen-bond acceptors (Lipinski definition) is 3. The molecule has 9 heteroatoms. The minimum Gasteiger partial charge on any atom is -0.241 e. The highest BCUT2D eigenvalue weighted by Crippen LogP contribution is 2.34. The first-order valence-electron chi connectivity index (χ1n) is 3.32.